The van der Waals surface area contributed by atoms with Crippen LogP contribution in [0.3, 0.4) is 0 Å². The monoisotopic (exact) mass is 293 g/mol. The maximum absolute atomic E-state index is 11.3. The molecule has 3 N–H and O–H groups in total. The number of amides is 1. The molecular formula is C14H23N5O2. The lowest BCUT2D eigenvalue weighted by molar-refractivity contribution is -0.121. The standard InChI is InChI=1S/C14H23N5O2/c1-3-16-11-7-13(18-12(17-11)9-21-4-2)19-6-5-10(8-19)14(15)20/h7,10H,3-6,8-9H2,1-2H3,(H2,15,20)(H,16,17,18). The topological polar surface area (TPSA) is 93.4 Å². The van der Waals surface area contributed by atoms with Crippen LogP contribution in [0.4, 0.5) is 11.6 Å². The first-order chi connectivity index (χ1) is 10.1. The average Bonchev–Trinajstić information content (AvgIpc) is 2.95. The van der Waals surface area contributed by atoms with E-state index in [0.717, 1.165) is 31.1 Å². The SMILES string of the molecule is CCNc1cc(N2CCC(C(N)=O)C2)nc(COCC)n1. The molecule has 0 radical (unpaired) electrons. The zero-order chi connectivity index (χ0) is 15.2. The highest BCUT2D eigenvalue weighted by atomic mass is 16.5. The molecule has 2 heterocycles. The van der Waals surface area contributed by atoms with E-state index in [4.69, 9.17) is 10.5 Å². The van der Waals surface area contributed by atoms with E-state index in [1.165, 1.54) is 0 Å². The molecule has 0 aliphatic carbocycles. The van der Waals surface area contributed by atoms with Gasteiger partial charge in [0.25, 0.3) is 0 Å². The number of rotatable bonds is 7. The number of carbonyl (C=O) groups excluding carboxylic acids is 1. The second kappa shape index (κ2) is 7.21. The number of anilines is 2. The molecule has 0 aromatic carbocycles. The lowest BCUT2D eigenvalue weighted by atomic mass is 10.1. The molecule has 0 spiro atoms. The third-order valence-corrected chi connectivity index (χ3v) is 3.47. The smallest absolute Gasteiger partial charge is 0.222 e. The zero-order valence-corrected chi connectivity index (χ0v) is 12.6. The third-order valence-electron chi connectivity index (χ3n) is 3.47. The Morgan fingerprint density at radius 2 is 2.33 bits per heavy atom. The minimum absolute atomic E-state index is 0.0992. The van der Waals surface area contributed by atoms with E-state index in [-0.39, 0.29) is 11.8 Å². The molecule has 1 atom stereocenters. The van der Waals surface area contributed by atoms with Crippen molar-refractivity contribution in [1.82, 2.24) is 9.97 Å². The summed E-state index contributed by atoms with van der Waals surface area (Å²) < 4.78 is 5.38. The van der Waals surface area contributed by atoms with Crippen molar-refractivity contribution in [1.29, 1.82) is 0 Å². The fourth-order valence-electron chi connectivity index (χ4n) is 2.38. The highest BCUT2D eigenvalue weighted by molar-refractivity contribution is 5.78. The molecule has 1 unspecified atom stereocenters. The summed E-state index contributed by atoms with van der Waals surface area (Å²) in [6.07, 6.45) is 0.774. The Labute approximate surface area is 124 Å². The van der Waals surface area contributed by atoms with Crippen molar-refractivity contribution in [2.75, 3.05) is 36.5 Å². The van der Waals surface area contributed by atoms with Crippen LogP contribution >= 0.6 is 0 Å². The normalized spacial score (nSPS) is 18.0. The first-order valence-corrected chi connectivity index (χ1v) is 7.37. The molecule has 1 aromatic rings. The number of nitrogens with zero attached hydrogens (tertiary/aromatic N) is 3. The molecule has 21 heavy (non-hydrogen) atoms. The van der Waals surface area contributed by atoms with Crippen LogP contribution in [-0.4, -0.2) is 42.1 Å². The van der Waals surface area contributed by atoms with Gasteiger partial charge in [-0.1, -0.05) is 0 Å². The Morgan fingerprint density at radius 1 is 1.52 bits per heavy atom. The van der Waals surface area contributed by atoms with Crippen molar-refractivity contribution in [3.63, 3.8) is 0 Å². The number of hydrogen-bond donors (Lipinski definition) is 2. The molecular weight excluding hydrogens is 270 g/mol. The molecule has 1 saturated heterocycles. The Hall–Kier alpha value is -1.89. The van der Waals surface area contributed by atoms with Gasteiger partial charge in [0.2, 0.25) is 5.91 Å². The van der Waals surface area contributed by atoms with Gasteiger partial charge in [-0.15, -0.1) is 0 Å². The van der Waals surface area contributed by atoms with E-state index >= 15 is 0 Å². The average molecular weight is 293 g/mol. The maximum Gasteiger partial charge on any atom is 0.222 e. The highest BCUT2D eigenvalue weighted by Crippen LogP contribution is 2.24. The molecule has 0 bridgehead atoms. The van der Waals surface area contributed by atoms with Gasteiger partial charge in [-0.05, 0) is 20.3 Å². The second-order valence-corrected chi connectivity index (χ2v) is 5.03. The van der Waals surface area contributed by atoms with Crippen LogP contribution in [0.15, 0.2) is 6.07 Å². The molecule has 1 fully saturated rings. The van der Waals surface area contributed by atoms with Crippen LogP contribution in [0.5, 0.6) is 0 Å². The molecule has 0 saturated carbocycles. The Morgan fingerprint density at radius 3 is 2.95 bits per heavy atom. The Kier molecular flexibility index (Phi) is 5.32. The van der Waals surface area contributed by atoms with Gasteiger partial charge in [0, 0.05) is 32.3 Å². The van der Waals surface area contributed by atoms with Crippen molar-refractivity contribution in [3.05, 3.63) is 11.9 Å². The number of primary amides is 1. The molecule has 2 rings (SSSR count). The molecule has 116 valence electrons. The number of nitrogens with two attached hydrogens (primary N) is 1. The summed E-state index contributed by atoms with van der Waals surface area (Å²) in [6, 6.07) is 1.91. The molecule has 7 nitrogen and oxygen atoms in total. The fraction of sp³-hybridized carbons (Fsp3) is 0.643. The minimum atomic E-state index is -0.243. The number of nitrogens with one attached hydrogen (secondary N) is 1. The van der Waals surface area contributed by atoms with Gasteiger partial charge >= 0.3 is 0 Å². The summed E-state index contributed by atoms with van der Waals surface area (Å²) in [5.41, 5.74) is 5.38. The number of hydrogen-bond acceptors (Lipinski definition) is 6. The van der Waals surface area contributed by atoms with Crippen LogP contribution in [0.2, 0.25) is 0 Å². The summed E-state index contributed by atoms with van der Waals surface area (Å²) in [6.45, 7) is 7.15. The van der Waals surface area contributed by atoms with Gasteiger partial charge in [0.05, 0.1) is 5.92 Å². The van der Waals surface area contributed by atoms with Crippen molar-refractivity contribution in [2.45, 2.75) is 26.9 Å². The summed E-state index contributed by atoms with van der Waals surface area (Å²) in [5, 5.41) is 3.20. The first-order valence-electron chi connectivity index (χ1n) is 7.37. The van der Waals surface area contributed by atoms with Crippen LogP contribution < -0.4 is 16.0 Å². The van der Waals surface area contributed by atoms with Crippen LogP contribution in [0, 0.1) is 5.92 Å². The van der Waals surface area contributed by atoms with Crippen LogP contribution in [0.25, 0.3) is 0 Å². The van der Waals surface area contributed by atoms with E-state index in [1.54, 1.807) is 0 Å². The minimum Gasteiger partial charge on any atom is -0.374 e. The first kappa shape index (κ1) is 15.5. The summed E-state index contributed by atoms with van der Waals surface area (Å²) in [5.74, 6) is 1.90. The summed E-state index contributed by atoms with van der Waals surface area (Å²) in [4.78, 5) is 22.3. The maximum atomic E-state index is 11.3. The lowest BCUT2D eigenvalue weighted by Crippen LogP contribution is -2.28. The van der Waals surface area contributed by atoms with Gasteiger partial charge in [0.1, 0.15) is 18.2 Å². The predicted octanol–water partition coefficient (Wildman–Crippen LogP) is 0.756. The molecule has 1 aromatic heterocycles. The van der Waals surface area contributed by atoms with E-state index < -0.39 is 0 Å². The van der Waals surface area contributed by atoms with E-state index in [9.17, 15) is 4.79 Å². The lowest BCUT2D eigenvalue weighted by Gasteiger charge is -2.19. The van der Waals surface area contributed by atoms with Gasteiger partial charge in [0.15, 0.2) is 5.82 Å². The number of aromatic nitrogens is 2. The van der Waals surface area contributed by atoms with E-state index in [0.29, 0.717) is 25.6 Å². The van der Waals surface area contributed by atoms with Crippen molar-refractivity contribution < 1.29 is 9.53 Å². The van der Waals surface area contributed by atoms with E-state index in [2.05, 4.69) is 20.2 Å². The van der Waals surface area contributed by atoms with E-state index in [1.807, 2.05) is 19.9 Å². The quantitative estimate of drug-likeness (QED) is 0.771. The molecule has 7 heteroatoms. The number of ether oxygens (including phenoxy) is 1. The second-order valence-electron chi connectivity index (χ2n) is 5.03. The third kappa shape index (κ3) is 4.04. The van der Waals surface area contributed by atoms with Crippen molar-refractivity contribution in [3.8, 4) is 0 Å². The zero-order valence-electron chi connectivity index (χ0n) is 12.6. The van der Waals surface area contributed by atoms with Gasteiger partial charge in [-0.3, -0.25) is 4.79 Å². The Balaban J connectivity index is 2.17. The summed E-state index contributed by atoms with van der Waals surface area (Å²) in [7, 11) is 0. The molecule has 1 amide bonds. The van der Waals surface area contributed by atoms with Crippen LogP contribution in [-0.2, 0) is 16.1 Å². The Bertz CT molecular complexity index is 494. The van der Waals surface area contributed by atoms with Gasteiger partial charge in [-0.2, -0.15) is 0 Å². The molecule has 1 aliphatic heterocycles. The largest absolute Gasteiger partial charge is 0.374 e. The van der Waals surface area contributed by atoms with Gasteiger partial charge in [-0.25, -0.2) is 9.97 Å². The molecule has 1 aliphatic rings. The highest BCUT2D eigenvalue weighted by Gasteiger charge is 2.27. The van der Waals surface area contributed by atoms with Gasteiger partial charge < -0.3 is 20.7 Å². The number of carbonyl (C=O) groups is 1. The predicted molar refractivity (Wildman–Crippen MR) is 81.0 cm³/mol. The van der Waals surface area contributed by atoms with Crippen molar-refractivity contribution in [2.24, 2.45) is 11.7 Å². The fourth-order valence-corrected chi connectivity index (χ4v) is 2.38. The summed E-state index contributed by atoms with van der Waals surface area (Å²) >= 11 is 0. The van der Waals surface area contributed by atoms with Crippen molar-refractivity contribution >= 4 is 17.5 Å². The van der Waals surface area contributed by atoms with Crippen LogP contribution in [0.1, 0.15) is 26.1 Å².